The van der Waals surface area contributed by atoms with Gasteiger partial charge in [0.15, 0.2) is 26.9 Å². The van der Waals surface area contributed by atoms with E-state index in [-0.39, 0.29) is 22.4 Å². The van der Waals surface area contributed by atoms with E-state index in [4.69, 9.17) is 9.15 Å². The first-order valence-electron chi connectivity index (χ1n) is 10.9. The van der Waals surface area contributed by atoms with Crippen molar-refractivity contribution in [2.45, 2.75) is 44.2 Å². The van der Waals surface area contributed by atoms with Crippen LogP contribution in [0, 0.1) is 0 Å². The molecule has 0 spiro atoms. The Morgan fingerprint density at radius 2 is 1.97 bits per heavy atom. The van der Waals surface area contributed by atoms with Crippen LogP contribution in [-0.4, -0.2) is 54.9 Å². The number of oxazole rings is 1. The van der Waals surface area contributed by atoms with Crippen LogP contribution in [0.4, 0.5) is 6.01 Å². The molecule has 0 saturated carbocycles. The van der Waals surface area contributed by atoms with Crippen molar-refractivity contribution in [2.75, 3.05) is 30.8 Å². The number of phenols is 1. The highest BCUT2D eigenvalue weighted by atomic mass is 32.2. The van der Waals surface area contributed by atoms with Crippen LogP contribution in [0.15, 0.2) is 45.7 Å². The lowest BCUT2D eigenvalue weighted by molar-refractivity contribution is 0.210. The topological polar surface area (TPSA) is 105 Å². The maximum atomic E-state index is 12.1. The fraction of sp³-hybridized carbons (Fsp3) is 0.435. The Hall–Kier alpha value is -2.78. The summed E-state index contributed by atoms with van der Waals surface area (Å²) >= 11 is 0. The number of likely N-dealkylation sites (tertiary alicyclic amines) is 1. The van der Waals surface area contributed by atoms with E-state index in [0.29, 0.717) is 29.5 Å². The molecule has 0 amide bonds. The Labute approximate surface area is 188 Å². The molecule has 0 atom stereocenters. The van der Waals surface area contributed by atoms with Gasteiger partial charge in [0.25, 0.3) is 6.01 Å². The monoisotopic (exact) mass is 459 g/mol. The molecule has 3 aromatic rings. The standard InChI is InChI=1S/C23H29N3O5S/c1-3-30-22-13-16(5-7-20(22)27)15-26-11-9-17(10-12-26)24-23-25-19-14-18(32(28,29)4-2)6-8-21(19)31-23/h5-8,13-14,17,27H,3-4,9-12,15H2,1-2H3,(H,24,25). The van der Waals surface area contributed by atoms with Crippen molar-refractivity contribution < 1.29 is 22.7 Å². The zero-order valence-corrected chi connectivity index (χ0v) is 19.2. The highest BCUT2D eigenvalue weighted by molar-refractivity contribution is 7.91. The molecular formula is C23H29N3O5S. The highest BCUT2D eigenvalue weighted by Gasteiger charge is 2.22. The molecule has 1 aromatic heterocycles. The summed E-state index contributed by atoms with van der Waals surface area (Å²) < 4.78 is 35.5. The van der Waals surface area contributed by atoms with Crippen molar-refractivity contribution in [3.63, 3.8) is 0 Å². The van der Waals surface area contributed by atoms with Crippen molar-refractivity contribution in [3.05, 3.63) is 42.0 Å². The lowest BCUT2D eigenvalue weighted by Crippen LogP contribution is -2.38. The molecule has 8 nitrogen and oxygen atoms in total. The van der Waals surface area contributed by atoms with E-state index in [2.05, 4.69) is 15.2 Å². The fourth-order valence-electron chi connectivity index (χ4n) is 3.93. The van der Waals surface area contributed by atoms with Gasteiger partial charge in [-0.25, -0.2) is 8.42 Å². The minimum atomic E-state index is -3.28. The van der Waals surface area contributed by atoms with Gasteiger partial charge in [0.2, 0.25) is 0 Å². The van der Waals surface area contributed by atoms with Crippen LogP contribution in [0.25, 0.3) is 11.1 Å². The Morgan fingerprint density at radius 3 is 2.69 bits per heavy atom. The molecule has 0 unspecified atom stereocenters. The number of sulfone groups is 1. The number of nitrogens with zero attached hydrogens (tertiary/aromatic N) is 2. The fourth-order valence-corrected chi connectivity index (χ4v) is 4.83. The van der Waals surface area contributed by atoms with E-state index < -0.39 is 9.84 Å². The van der Waals surface area contributed by atoms with Crippen LogP contribution in [0.1, 0.15) is 32.3 Å². The number of rotatable bonds is 8. The molecule has 1 aliphatic heterocycles. The average molecular weight is 460 g/mol. The molecular weight excluding hydrogens is 430 g/mol. The number of hydrogen-bond acceptors (Lipinski definition) is 8. The molecule has 0 bridgehead atoms. The molecule has 0 aliphatic carbocycles. The third-order valence-electron chi connectivity index (χ3n) is 5.74. The van der Waals surface area contributed by atoms with Gasteiger partial charge < -0.3 is 19.6 Å². The van der Waals surface area contributed by atoms with Gasteiger partial charge >= 0.3 is 0 Å². The Balaban J connectivity index is 1.35. The molecule has 172 valence electrons. The second-order valence-corrected chi connectivity index (χ2v) is 10.3. The Kier molecular flexibility index (Phi) is 6.57. The Bertz CT molecular complexity index is 1180. The number of phenolic OH excluding ortho intramolecular Hbond substituents is 1. The van der Waals surface area contributed by atoms with E-state index in [1.807, 2.05) is 19.1 Å². The molecule has 2 N–H and O–H groups in total. The molecule has 1 aliphatic rings. The maximum Gasteiger partial charge on any atom is 0.295 e. The number of aromatic nitrogens is 1. The predicted octanol–water partition coefficient (Wildman–Crippen LogP) is 3.80. The summed E-state index contributed by atoms with van der Waals surface area (Å²) in [7, 11) is -3.28. The molecule has 0 radical (unpaired) electrons. The summed E-state index contributed by atoms with van der Waals surface area (Å²) in [6.45, 7) is 6.67. The zero-order valence-electron chi connectivity index (χ0n) is 18.4. The first kappa shape index (κ1) is 22.4. The molecule has 9 heteroatoms. The predicted molar refractivity (Wildman–Crippen MR) is 123 cm³/mol. The average Bonchev–Trinajstić information content (AvgIpc) is 3.19. The van der Waals surface area contributed by atoms with E-state index in [1.165, 1.54) is 0 Å². The van der Waals surface area contributed by atoms with Gasteiger partial charge in [-0.3, -0.25) is 4.90 Å². The highest BCUT2D eigenvalue weighted by Crippen LogP contribution is 2.28. The molecule has 32 heavy (non-hydrogen) atoms. The van der Waals surface area contributed by atoms with E-state index in [9.17, 15) is 13.5 Å². The number of aromatic hydroxyl groups is 1. The summed E-state index contributed by atoms with van der Waals surface area (Å²) in [4.78, 5) is 7.08. The number of nitrogens with one attached hydrogen (secondary N) is 1. The van der Waals surface area contributed by atoms with Crippen LogP contribution in [0.3, 0.4) is 0 Å². The number of hydrogen-bond donors (Lipinski definition) is 2. The largest absolute Gasteiger partial charge is 0.504 e. The quantitative estimate of drug-likeness (QED) is 0.524. The van der Waals surface area contributed by atoms with Gasteiger partial charge in [0.05, 0.1) is 17.3 Å². The van der Waals surface area contributed by atoms with Gasteiger partial charge in [-0.2, -0.15) is 4.98 Å². The first-order valence-corrected chi connectivity index (χ1v) is 12.6. The van der Waals surface area contributed by atoms with Gasteiger partial charge in [-0.05, 0) is 55.7 Å². The lowest BCUT2D eigenvalue weighted by atomic mass is 10.0. The molecule has 1 fully saturated rings. The van der Waals surface area contributed by atoms with Crippen molar-refractivity contribution in [1.82, 2.24) is 9.88 Å². The van der Waals surface area contributed by atoms with Crippen LogP contribution in [-0.2, 0) is 16.4 Å². The van der Waals surface area contributed by atoms with Crippen LogP contribution >= 0.6 is 0 Å². The first-order chi connectivity index (χ1) is 15.4. The lowest BCUT2D eigenvalue weighted by Gasteiger charge is -2.32. The maximum absolute atomic E-state index is 12.1. The molecule has 4 rings (SSSR count). The zero-order chi connectivity index (χ0) is 22.7. The summed E-state index contributed by atoms with van der Waals surface area (Å²) in [6, 6.07) is 10.9. The van der Waals surface area contributed by atoms with Crippen molar-refractivity contribution in [3.8, 4) is 11.5 Å². The summed E-state index contributed by atoms with van der Waals surface area (Å²) in [5.74, 6) is 0.737. The molecule has 2 heterocycles. The normalized spacial score (nSPS) is 15.8. The summed E-state index contributed by atoms with van der Waals surface area (Å²) in [5.41, 5.74) is 2.21. The van der Waals surface area contributed by atoms with Gasteiger partial charge in [-0.15, -0.1) is 0 Å². The van der Waals surface area contributed by atoms with Gasteiger partial charge in [-0.1, -0.05) is 13.0 Å². The summed E-state index contributed by atoms with van der Waals surface area (Å²) in [5, 5.41) is 13.2. The van der Waals surface area contributed by atoms with E-state index in [0.717, 1.165) is 38.0 Å². The van der Waals surface area contributed by atoms with Gasteiger partial charge in [0, 0.05) is 25.7 Å². The van der Waals surface area contributed by atoms with Crippen molar-refractivity contribution >= 4 is 27.0 Å². The number of piperidine rings is 1. The van der Waals surface area contributed by atoms with Crippen LogP contribution in [0.2, 0.25) is 0 Å². The number of fused-ring (bicyclic) bond motifs is 1. The van der Waals surface area contributed by atoms with Crippen LogP contribution in [0.5, 0.6) is 11.5 Å². The minimum absolute atomic E-state index is 0.0527. The SMILES string of the molecule is CCOc1cc(CN2CCC(Nc3nc4cc(S(=O)(=O)CC)ccc4o3)CC2)ccc1O. The van der Waals surface area contributed by atoms with Crippen molar-refractivity contribution in [1.29, 1.82) is 0 Å². The second-order valence-electron chi connectivity index (χ2n) is 7.98. The van der Waals surface area contributed by atoms with E-state index >= 15 is 0 Å². The summed E-state index contributed by atoms with van der Waals surface area (Å²) in [6.07, 6.45) is 1.87. The van der Waals surface area contributed by atoms with Crippen molar-refractivity contribution in [2.24, 2.45) is 0 Å². The third-order valence-corrected chi connectivity index (χ3v) is 7.48. The third kappa shape index (κ3) is 4.99. The molecule has 2 aromatic carbocycles. The van der Waals surface area contributed by atoms with E-state index in [1.54, 1.807) is 31.2 Å². The smallest absolute Gasteiger partial charge is 0.295 e. The number of anilines is 1. The minimum Gasteiger partial charge on any atom is -0.504 e. The Morgan fingerprint density at radius 1 is 1.19 bits per heavy atom. The number of benzene rings is 2. The van der Waals surface area contributed by atoms with Gasteiger partial charge in [0.1, 0.15) is 5.52 Å². The number of ether oxygens (including phenoxy) is 1. The second kappa shape index (κ2) is 9.38. The molecule has 1 saturated heterocycles. The van der Waals surface area contributed by atoms with Crippen LogP contribution < -0.4 is 10.1 Å².